The number of amides is 1. The molecular formula is C13H9ClN2O3. The summed E-state index contributed by atoms with van der Waals surface area (Å²) in [6.07, 6.45) is 0. The van der Waals surface area contributed by atoms with Gasteiger partial charge in [-0.15, -0.1) is 0 Å². The van der Waals surface area contributed by atoms with Gasteiger partial charge < -0.3 is 5.32 Å². The normalized spacial score (nSPS) is 9.95. The molecule has 0 aliphatic carbocycles. The second-order valence-electron chi connectivity index (χ2n) is 3.71. The highest BCUT2D eigenvalue weighted by Crippen LogP contribution is 2.24. The van der Waals surface area contributed by atoms with Gasteiger partial charge in [-0.1, -0.05) is 35.9 Å². The van der Waals surface area contributed by atoms with Crippen LogP contribution in [0, 0.1) is 10.1 Å². The van der Waals surface area contributed by atoms with E-state index < -0.39 is 10.8 Å². The first-order valence-electron chi connectivity index (χ1n) is 5.39. The van der Waals surface area contributed by atoms with E-state index in [1.54, 1.807) is 30.3 Å². The topological polar surface area (TPSA) is 72.2 Å². The van der Waals surface area contributed by atoms with E-state index in [0.29, 0.717) is 5.02 Å². The third-order valence-electron chi connectivity index (χ3n) is 2.47. The van der Waals surface area contributed by atoms with Crippen LogP contribution in [0.15, 0.2) is 48.5 Å². The van der Waals surface area contributed by atoms with Gasteiger partial charge in [0.1, 0.15) is 5.69 Å². The highest BCUT2D eigenvalue weighted by molar-refractivity contribution is 6.34. The Kier molecular flexibility index (Phi) is 3.77. The van der Waals surface area contributed by atoms with Crippen molar-refractivity contribution in [1.29, 1.82) is 0 Å². The zero-order valence-electron chi connectivity index (χ0n) is 9.67. The van der Waals surface area contributed by atoms with Crippen LogP contribution in [0.2, 0.25) is 5.02 Å². The van der Waals surface area contributed by atoms with Crippen LogP contribution in [-0.2, 0) is 0 Å². The van der Waals surface area contributed by atoms with Gasteiger partial charge in [0.2, 0.25) is 0 Å². The zero-order chi connectivity index (χ0) is 13.8. The van der Waals surface area contributed by atoms with E-state index in [9.17, 15) is 14.9 Å². The first-order valence-corrected chi connectivity index (χ1v) is 5.76. The van der Waals surface area contributed by atoms with Gasteiger partial charge in [-0.3, -0.25) is 14.9 Å². The molecule has 19 heavy (non-hydrogen) atoms. The first-order chi connectivity index (χ1) is 9.09. The van der Waals surface area contributed by atoms with Crippen LogP contribution in [0.5, 0.6) is 0 Å². The van der Waals surface area contributed by atoms with Crippen molar-refractivity contribution in [2.24, 2.45) is 0 Å². The zero-order valence-corrected chi connectivity index (χ0v) is 10.4. The Labute approximate surface area is 114 Å². The van der Waals surface area contributed by atoms with Crippen LogP contribution in [0.1, 0.15) is 10.4 Å². The second kappa shape index (κ2) is 5.49. The number of carbonyl (C=O) groups excluding carboxylic acids is 1. The van der Waals surface area contributed by atoms with Gasteiger partial charge in [0.05, 0.1) is 15.5 Å². The number of anilines is 1. The Balaban J connectivity index is 2.30. The number of nitro groups is 1. The van der Waals surface area contributed by atoms with Gasteiger partial charge in [0.15, 0.2) is 0 Å². The van der Waals surface area contributed by atoms with Gasteiger partial charge in [0.25, 0.3) is 11.6 Å². The molecular weight excluding hydrogens is 268 g/mol. The summed E-state index contributed by atoms with van der Waals surface area (Å²) in [7, 11) is 0. The Morgan fingerprint density at radius 2 is 1.74 bits per heavy atom. The molecule has 6 heteroatoms. The lowest BCUT2D eigenvalue weighted by Gasteiger charge is -2.06. The fraction of sp³-hybridized carbons (Fsp3) is 0. The van der Waals surface area contributed by atoms with E-state index in [4.69, 9.17) is 11.6 Å². The summed E-state index contributed by atoms with van der Waals surface area (Å²) in [6.45, 7) is 0. The summed E-state index contributed by atoms with van der Waals surface area (Å²) in [6, 6.07) is 12.4. The Morgan fingerprint density at radius 3 is 2.42 bits per heavy atom. The lowest BCUT2D eigenvalue weighted by atomic mass is 10.2. The molecule has 2 aromatic rings. The number of benzene rings is 2. The Hall–Kier alpha value is -2.40. The van der Waals surface area contributed by atoms with Gasteiger partial charge in [-0.2, -0.15) is 0 Å². The lowest BCUT2D eigenvalue weighted by Crippen LogP contribution is -2.13. The molecule has 0 atom stereocenters. The average Bonchev–Trinajstić information content (AvgIpc) is 2.39. The van der Waals surface area contributed by atoms with Crippen molar-refractivity contribution in [3.8, 4) is 0 Å². The quantitative estimate of drug-likeness (QED) is 0.689. The lowest BCUT2D eigenvalue weighted by molar-refractivity contribution is -0.383. The predicted octanol–water partition coefficient (Wildman–Crippen LogP) is 3.50. The van der Waals surface area contributed by atoms with Crippen molar-refractivity contribution in [3.63, 3.8) is 0 Å². The molecule has 96 valence electrons. The third kappa shape index (κ3) is 2.89. The van der Waals surface area contributed by atoms with Gasteiger partial charge in [0, 0.05) is 6.07 Å². The summed E-state index contributed by atoms with van der Waals surface area (Å²) < 4.78 is 0. The van der Waals surface area contributed by atoms with Gasteiger partial charge >= 0.3 is 0 Å². The summed E-state index contributed by atoms with van der Waals surface area (Å²) in [5, 5.41) is 13.6. The number of rotatable bonds is 3. The Morgan fingerprint density at radius 1 is 1.11 bits per heavy atom. The molecule has 0 aliphatic heterocycles. The average molecular weight is 277 g/mol. The Bertz CT molecular complexity index is 643. The van der Waals surface area contributed by atoms with Crippen LogP contribution < -0.4 is 5.32 Å². The maximum atomic E-state index is 12.0. The van der Waals surface area contributed by atoms with Crippen LogP contribution in [0.25, 0.3) is 0 Å². The molecule has 0 heterocycles. The van der Waals surface area contributed by atoms with Crippen molar-refractivity contribution < 1.29 is 9.72 Å². The van der Waals surface area contributed by atoms with E-state index in [2.05, 4.69) is 5.32 Å². The number of hydrogen-bond acceptors (Lipinski definition) is 3. The van der Waals surface area contributed by atoms with Gasteiger partial charge in [-0.25, -0.2) is 0 Å². The molecule has 1 amide bonds. The number of hydrogen-bond donors (Lipinski definition) is 1. The molecule has 2 aromatic carbocycles. The molecule has 0 saturated heterocycles. The summed E-state index contributed by atoms with van der Waals surface area (Å²) in [5.74, 6) is -0.486. The number of nitrogens with one attached hydrogen (secondary N) is 1. The highest BCUT2D eigenvalue weighted by Gasteiger charge is 2.16. The number of nitro benzene ring substituents is 1. The summed E-state index contributed by atoms with van der Waals surface area (Å²) >= 11 is 5.89. The molecule has 0 unspecified atom stereocenters. The minimum Gasteiger partial charge on any atom is -0.316 e. The first kappa shape index (κ1) is 13.0. The highest BCUT2D eigenvalue weighted by atomic mass is 35.5. The maximum absolute atomic E-state index is 12.0. The van der Waals surface area contributed by atoms with E-state index in [1.807, 2.05) is 0 Å². The fourth-order valence-corrected chi connectivity index (χ4v) is 1.80. The molecule has 0 bridgehead atoms. The van der Waals surface area contributed by atoms with Crippen molar-refractivity contribution in [1.82, 2.24) is 0 Å². The molecule has 0 spiro atoms. The van der Waals surface area contributed by atoms with Crippen LogP contribution >= 0.6 is 11.6 Å². The second-order valence-corrected chi connectivity index (χ2v) is 4.12. The molecule has 0 aromatic heterocycles. The van der Waals surface area contributed by atoms with Crippen molar-refractivity contribution in [2.45, 2.75) is 0 Å². The van der Waals surface area contributed by atoms with Crippen molar-refractivity contribution in [2.75, 3.05) is 5.32 Å². The summed E-state index contributed by atoms with van der Waals surface area (Å²) in [4.78, 5) is 22.3. The molecule has 0 aliphatic rings. The van der Waals surface area contributed by atoms with E-state index in [-0.39, 0.29) is 16.9 Å². The van der Waals surface area contributed by atoms with E-state index >= 15 is 0 Å². The standard InChI is InChI=1S/C13H9ClN2O3/c14-10-6-2-1-5-9(10)13(17)15-11-7-3-4-8-12(11)16(18)19/h1-8H,(H,15,17). The van der Waals surface area contributed by atoms with Crippen LogP contribution in [-0.4, -0.2) is 10.8 Å². The summed E-state index contributed by atoms with van der Waals surface area (Å²) in [5.41, 5.74) is 0.239. The SMILES string of the molecule is O=C(Nc1ccccc1[N+](=O)[O-])c1ccccc1Cl. The minimum atomic E-state index is -0.553. The predicted molar refractivity (Wildman–Crippen MR) is 72.5 cm³/mol. The van der Waals surface area contributed by atoms with Crippen molar-refractivity contribution >= 4 is 28.9 Å². The molecule has 1 N–H and O–H groups in total. The van der Waals surface area contributed by atoms with Gasteiger partial charge in [-0.05, 0) is 18.2 Å². The molecule has 0 radical (unpaired) electrons. The molecule has 0 saturated carbocycles. The minimum absolute atomic E-state index is 0.136. The third-order valence-corrected chi connectivity index (χ3v) is 2.80. The number of nitrogens with zero attached hydrogens (tertiary/aromatic N) is 1. The number of carbonyl (C=O) groups is 1. The van der Waals surface area contributed by atoms with E-state index in [1.165, 1.54) is 18.2 Å². The number of halogens is 1. The molecule has 5 nitrogen and oxygen atoms in total. The van der Waals surface area contributed by atoms with Crippen LogP contribution in [0.4, 0.5) is 11.4 Å². The monoisotopic (exact) mass is 276 g/mol. The number of para-hydroxylation sites is 2. The van der Waals surface area contributed by atoms with Crippen molar-refractivity contribution in [3.05, 3.63) is 69.2 Å². The molecule has 0 fully saturated rings. The van der Waals surface area contributed by atoms with E-state index in [0.717, 1.165) is 0 Å². The fourth-order valence-electron chi connectivity index (χ4n) is 1.57. The largest absolute Gasteiger partial charge is 0.316 e. The van der Waals surface area contributed by atoms with Crippen LogP contribution in [0.3, 0.4) is 0 Å². The smallest absolute Gasteiger partial charge is 0.292 e. The molecule has 2 rings (SSSR count). The maximum Gasteiger partial charge on any atom is 0.292 e.